The Bertz CT molecular complexity index is 845. The molecule has 1 aliphatic rings. The van der Waals surface area contributed by atoms with Crippen molar-refractivity contribution in [2.45, 2.75) is 59.3 Å². The number of nitrogens with zero attached hydrogens (tertiary/aromatic N) is 2. The summed E-state index contributed by atoms with van der Waals surface area (Å²) >= 11 is 6.04. The zero-order valence-electron chi connectivity index (χ0n) is 21.1. The van der Waals surface area contributed by atoms with Crippen LogP contribution >= 0.6 is 11.6 Å². The van der Waals surface area contributed by atoms with Crippen molar-refractivity contribution >= 4 is 35.3 Å². The Kier molecular flexibility index (Phi) is 15.4. The second kappa shape index (κ2) is 17.7. The van der Waals surface area contributed by atoms with E-state index >= 15 is 0 Å². The number of aliphatic carboxylic acids is 2. The highest BCUT2D eigenvalue weighted by atomic mass is 35.5. The van der Waals surface area contributed by atoms with E-state index in [4.69, 9.17) is 26.7 Å². The first kappa shape index (κ1) is 30.4. The molecule has 1 saturated carbocycles. The summed E-state index contributed by atoms with van der Waals surface area (Å²) in [5, 5.41) is 21.1. The molecule has 35 heavy (non-hydrogen) atoms. The maximum atomic E-state index is 9.55. The van der Waals surface area contributed by atoms with Gasteiger partial charge in [0.1, 0.15) is 6.61 Å². The largest absolute Gasteiger partial charge is 0.478 e. The number of hydrogen-bond acceptors (Lipinski definition) is 5. The number of carbonyl (C=O) groups is 2. The van der Waals surface area contributed by atoms with Crippen LogP contribution in [0.25, 0.3) is 6.08 Å². The van der Waals surface area contributed by atoms with Crippen molar-refractivity contribution in [3.05, 3.63) is 52.6 Å². The standard InChI is InChI=1S/C23H35ClN2O.C4H4O4/c1-4-9-20-10-7-8-11-21(18-19-12-14-22(24)15-13-19)23(20)25-27-17-16-26(5-2)6-3;5-3(6)1-2-4(7)8/h12-15,18,20H,4-11,16-17H2,1-3H3;1-2H,(H,5,6)(H,7,8)/b21-18+,25-23+;2-1+. The third-order valence-corrected chi connectivity index (χ3v) is 5.99. The predicted octanol–water partition coefficient (Wildman–Crippen LogP) is 6.14. The summed E-state index contributed by atoms with van der Waals surface area (Å²) in [7, 11) is 0. The van der Waals surface area contributed by atoms with Crippen molar-refractivity contribution in [1.82, 2.24) is 4.90 Å². The fraction of sp³-hybridized carbons (Fsp3) is 0.519. The zero-order chi connectivity index (χ0) is 26.1. The minimum Gasteiger partial charge on any atom is -0.478 e. The Labute approximate surface area is 214 Å². The molecule has 0 heterocycles. The molecule has 0 radical (unpaired) electrons. The number of likely N-dealkylation sites (N-methyl/N-ethyl adjacent to an activating group) is 1. The third kappa shape index (κ3) is 13.1. The molecule has 8 heteroatoms. The fourth-order valence-corrected chi connectivity index (χ4v) is 4.00. The van der Waals surface area contributed by atoms with E-state index in [1.807, 2.05) is 12.1 Å². The van der Waals surface area contributed by atoms with Gasteiger partial charge in [0.2, 0.25) is 0 Å². The summed E-state index contributed by atoms with van der Waals surface area (Å²) in [5.74, 6) is -2.01. The van der Waals surface area contributed by atoms with E-state index in [9.17, 15) is 9.59 Å². The van der Waals surface area contributed by atoms with Crippen molar-refractivity contribution in [2.75, 3.05) is 26.2 Å². The lowest BCUT2D eigenvalue weighted by atomic mass is 9.90. The molecular weight excluding hydrogens is 468 g/mol. The SMILES string of the molecule is CCCC1CCCCC(=C\c2ccc(Cl)cc2)/C1=N/OCCN(CC)CC.O=C(O)/C=C/C(=O)O. The van der Waals surface area contributed by atoms with Gasteiger partial charge in [0.25, 0.3) is 0 Å². The fourth-order valence-electron chi connectivity index (χ4n) is 3.87. The number of halogens is 1. The zero-order valence-corrected chi connectivity index (χ0v) is 21.8. The van der Waals surface area contributed by atoms with E-state index in [-0.39, 0.29) is 0 Å². The van der Waals surface area contributed by atoms with Gasteiger partial charge in [-0.25, -0.2) is 9.59 Å². The second-order valence-electron chi connectivity index (χ2n) is 8.30. The number of oxime groups is 1. The number of carboxylic acids is 2. The van der Waals surface area contributed by atoms with E-state index in [0.29, 0.717) is 24.7 Å². The first-order valence-electron chi connectivity index (χ1n) is 12.3. The lowest BCUT2D eigenvalue weighted by Crippen LogP contribution is -2.26. The number of hydrogen-bond donors (Lipinski definition) is 2. The summed E-state index contributed by atoms with van der Waals surface area (Å²) in [6.07, 6.45) is 10.5. The highest BCUT2D eigenvalue weighted by Crippen LogP contribution is 2.30. The summed E-state index contributed by atoms with van der Waals surface area (Å²) in [4.78, 5) is 27.3. The Morgan fingerprint density at radius 2 is 1.71 bits per heavy atom. The van der Waals surface area contributed by atoms with Gasteiger partial charge in [0, 0.05) is 29.6 Å². The number of allylic oxidation sites excluding steroid dienone is 1. The molecule has 0 spiro atoms. The van der Waals surface area contributed by atoms with Gasteiger partial charge in [-0.3, -0.25) is 0 Å². The van der Waals surface area contributed by atoms with Crippen LogP contribution in [0, 0.1) is 5.92 Å². The molecule has 194 valence electrons. The number of rotatable bonds is 11. The van der Waals surface area contributed by atoms with Crippen LogP contribution in [0.15, 0.2) is 47.1 Å². The quantitative estimate of drug-likeness (QED) is 0.162. The average molecular weight is 507 g/mol. The van der Waals surface area contributed by atoms with E-state index in [0.717, 1.165) is 31.1 Å². The van der Waals surface area contributed by atoms with Crippen molar-refractivity contribution < 1.29 is 24.6 Å². The van der Waals surface area contributed by atoms with Gasteiger partial charge in [-0.1, -0.05) is 62.5 Å². The van der Waals surface area contributed by atoms with Crippen LogP contribution < -0.4 is 0 Å². The third-order valence-electron chi connectivity index (χ3n) is 5.74. The summed E-state index contributed by atoms with van der Waals surface area (Å²) < 4.78 is 0. The van der Waals surface area contributed by atoms with Crippen LogP contribution in [0.1, 0.15) is 64.9 Å². The molecule has 2 N–H and O–H groups in total. The molecule has 7 nitrogen and oxygen atoms in total. The van der Waals surface area contributed by atoms with Crippen LogP contribution in [0.4, 0.5) is 0 Å². The van der Waals surface area contributed by atoms with Gasteiger partial charge in [-0.15, -0.1) is 0 Å². The minimum atomic E-state index is -1.26. The Morgan fingerprint density at radius 3 is 2.26 bits per heavy atom. The molecule has 1 fully saturated rings. The first-order valence-corrected chi connectivity index (χ1v) is 12.7. The van der Waals surface area contributed by atoms with Crippen LogP contribution in [0.3, 0.4) is 0 Å². The Balaban J connectivity index is 0.000000658. The van der Waals surface area contributed by atoms with Crippen LogP contribution in [-0.4, -0.2) is 59.0 Å². The van der Waals surface area contributed by atoms with Gasteiger partial charge < -0.3 is 20.0 Å². The monoisotopic (exact) mass is 506 g/mol. The molecule has 1 aliphatic carbocycles. The van der Waals surface area contributed by atoms with E-state index in [1.165, 1.54) is 49.0 Å². The molecule has 0 saturated heterocycles. The van der Waals surface area contributed by atoms with Crippen LogP contribution in [0.2, 0.25) is 5.02 Å². The van der Waals surface area contributed by atoms with Gasteiger partial charge in [-0.05, 0) is 68.1 Å². The first-order chi connectivity index (χ1) is 16.8. The predicted molar refractivity (Wildman–Crippen MR) is 142 cm³/mol. The van der Waals surface area contributed by atoms with Crippen molar-refractivity contribution in [2.24, 2.45) is 11.1 Å². The molecule has 1 aromatic carbocycles. The second-order valence-corrected chi connectivity index (χ2v) is 8.74. The van der Waals surface area contributed by atoms with Gasteiger partial charge >= 0.3 is 11.9 Å². The summed E-state index contributed by atoms with van der Waals surface area (Å²) in [5.41, 5.74) is 3.68. The molecule has 1 atom stereocenters. The van der Waals surface area contributed by atoms with Crippen molar-refractivity contribution in [3.8, 4) is 0 Å². The molecule has 0 amide bonds. The molecule has 2 rings (SSSR count). The number of benzene rings is 1. The Morgan fingerprint density at radius 1 is 1.09 bits per heavy atom. The molecule has 1 unspecified atom stereocenters. The highest BCUT2D eigenvalue weighted by Gasteiger charge is 2.23. The van der Waals surface area contributed by atoms with Gasteiger partial charge in [-0.2, -0.15) is 0 Å². The normalized spacial score (nSPS) is 18.4. The van der Waals surface area contributed by atoms with Crippen molar-refractivity contribution in [3.63, 3.8) is 0 Å². The maximum absolute atomic E-state index is 9.55. The minimum absolute atomic E-state index is 0.504. The highest BCUT2D eigenvalue weighted by molar-refractivity contribution is 6.30. The van der Waals surface area contributed by atoms with Gasteiger partial charge in [0.15, 0.2) is 0 Å². The lowest BCUT2D eigenvalue weighted by molar-refractivity contribution is -0.134. The number of carboxylic acid groups (broad SMARTS) is 2. The molecular formula is C27H39ClN2O5. The van der Waals surface area contributed by atoms with Crippen LogP contribution in [-0.2, 0) is 14.4 Å². The van der Waals surface area contributed by atoms with E-state index < -0.39 is 11.9 Å². The van der Waals surface area contributed by atoms with Crippen LogP contribution in [0.5, 0.6) is 0 Å². The molecule has 0 aliphatic heterocycles. The molecule has 0 aromatic heterocycles. The smallest absolute Gasteiger partial charge is 0.328 e. The summed E-state index contributed by atoms with van der Waals surface area (Å²) in [6, 6.07) is 8.05. The lowest BCUT2D eigenvalue weighted by Gasteiger charge is -2.19. The Hall–Kier alpha value is -2.64. The van der Waals surface area contributed by atoms with Crippen molar-refractivity contribution in [1.29, 1.82) is 0 Å². The summed E-state index contributed by atoms with van der Waals surface area (Å²) in [6.45, 7) is 10.3. The average Bonchev–Trinajstić information content (AvgIpc) is 3.02. The molecule has 1 aromatic rings. The maximum Gasteiger partial charge on any atom is 0.328 e. The van der Waals surface area contributed by atoms with Gasteiger partial charge in [0.05, 0.1) is 5.71 Å². The molecule has 0 bridgehead atoms. The van der Waals surface area contributed by atoms with E-state index in [2.05, 4.69) is 49.0 Å². The van der Waals surface area contributed by atoms with E-state index in [1.54, 1.807) is 0 Å². The topological polar surface area (TPSA) is 99.4 Å².